The van der Waals surface area contributed by atoms with Crippen LogP contribution >= 0.6 is 11.6 Å². The number of halogens is 1. The minimum Gasteiger partial charge on any atom is -0.357 e. The number of H-pyrrole nitrogens is 1. The van der Waals surface area contributed by atoms with Crippen LogP contribution in [0.4, 0.5) is 0 Å². The fourth-order valence-electron chi connectivity index (χ4n) is 4.01. The molecule has 8 heteroatoms. The van der Waals surface area contributed by atoms with Crippen LogP contribution in [-0.4, -0.2) is 34.2 Å². The summed E-state index contributed by atoms with van der Waals surface area (Å²) in [6.07, 6.45) is 5.24. The molecule has 1 aromatic rings. The Balaban J connectivity index is 1.61. The molecule has 1 aromatic heterocycles. The summed E-state index contributed by atoms with van der Waals surface area (Å²) in [4.78, 5) is 40.4. The lowest BCUT2D eigenvalue weighted by atomic mass is 9.90. The van der Waals surface area contributed by atoms with Crippen molar-refractivity contribution in [3.63, 3.8) is 0 Å². The van der Waals surface area contributed by atoms with Crippen LogP contribution in [0, 0.1) is 29.1 Å². The number of aromatic nitrogens is 1. The van der Waals surface area contributed by atoms with Crippen molar-refractivity contribution in [2.75, 3.05) is 0 Å². The van der Waals surface area contributed by atoms with Crippen LogP contribution in [0.2, 0.25) is 5.02 Å². The molecule has 7 nitrogen and oxygen atoms in total. The zero-order chi connectivity index (χ0) is 21.2. The Labute approximate surface area is 175 Å². The Morgan fingerprint density at radius 1 is 1.38 bits per heavy atom. The summed E-state index contributed by atoms with van der Waals surface area (Å²) in [5.74, 6) is -0.915. The number of nitriles is 1. The molecule has 1 aliphatic carbocycles. The third kappa shape index (κ3) is 5.83. The van der Waals surface area contributed by atoms with Crippen LogP contribution in [0.5, 0.6) is 0 Å². The second-order valence-electron chi connectivity index (χ2n) is 8.94. The number of amides is 2. The van der Waals surface area contributed by atoms with Gasteiger partial charge in [0.1, 0.15) is 6.04 Å². The van der Waals surface area contributed by atoms with Crippen LogP contribution in [0.1, 0.15) is 62.9 Å². The number of Topliss-reactive ketones (excluding diaryl/α,β-unsaturated/α-hetero) is 1. The number of aromatic amines is 1. The SMILES string of the molecule is CC1(C)CC(CC(C#N)NC(=O)C(CC(=O)c2cc(Cl)c[nH]2)CC2CC2)C(=O)N1. The third-order valence-electron chi connectivity index (χ3n) is 5.65. The molecule has 1 saturated carbocycles. The van der Waals surface area contributed by atoms with Crippen LogP contribution in [0.15, 0.2) is 12.3 Å². The first kappa shape index (κ1) is 21.4. The van der Waals surface area contributed by atoms with Gasteiger partial charge in [-0.2, -0.15) is 5.26 Å². The molecule has 0 bridgehead atoms. The highest BCUT2D eigenvalue weighted by Gasteiger charge is 2.39. The predicted molar refractivity (Wildman–Crippen MR) is 108 cm³/mol. The van der Waals surface area contributed by atoms with Crippen LogP contribution < -0.4 is 10.6 Å². The molecule has 3 unspecified atom stereocenters. The van der Waals surface area contributed by atoms with E-state index in [1.54, 1.807) is 6.07 Å². The largest absolute Gasteiger partial charge is 0.357 e. The first-order valence-corrected chi connectivity index (χ1v) is 10.4. The van der Waals surface area contributed by atoms with E-state index in [1.165, 1.54) is 6.20 Å². The number of carbonyl (C=O) groups excluding carboxylic acids is 3. The van der Waals surface area contributed by atoms with E-state index >= 15 is 0 Å². The van der Waals surface area contributed by atoms with Crippen molar-refractivity contribution in [1.82, 2.24) is 15.6 Å². The first-order chi connectivity index (χ1) is 13.7. The minimum absolute atomic E-state index is 0.0638. The van der Waals surface area contributed by atoms with Crippen molar-refractivity contribution in [3.8, 4) is 6.07 Å². The number of hydrogen-bond donors (Lipinski definition) is 3. The number of rotatable bonds is 9. The Morgan fingerprint density at radius 3 is 2.62 bits per heavy atom. The fraction of sp³-hybridized carbons (Fsp3) is 0.619. The molecule has 3 atom stereocenters. The number of carbonyl (C=O) groups is 3. The Bertz CT molecular complexity index is 837. The van der Waals surface area contributed by atoms with E-state index < -0.39 is 12.0 Å². The number of hydrogen-bond acceptors (Lipinski definition) is 4. The van der Waals surface area contributed by atoms with Crippen molar-refractivity contribution < 1.29 is 14.4 Å². The van der Waals surface area contributed by atoms with Crippen molar-refractivity contribution in [2.45, 2.75) is 64.0 Å². The fourth-order valence-corrected chi connectivity index (χ4v) is 4.17. The highest BCUT2D eigenvalue weighted by Crippen LogP contribution is 2.37. The lowest BCUT2D eigenvalue weighted by Gasteiger charge is -2.20. The molecule has 3 rings (SSSR count). The number of ketones is 1. The second kappa shape index (κ2) is 8.58. The third-order valence-corrected chi connectivity index (χ3v) is 5.87. The molecular formula is C21H27ClN4O3. The summed E-state index contributed by atoms with van der Waals surface area (Å²) in [6, 6.07) is 2.89. The van der Waals surface area contributed by atoms with E-state index in [1.807, 2.05) is 13.8 Å². The monoisotopic (exact) mass is 418 g/mol. The van der Waals surface area contributed by atoms with Gasteiger partial charge in [-0.1, -0.05) is 24.4 Å². The number of nitrogens with zero attached hydrogens (tertiary/aromatic N) is 1. The highest BCUT2D eigenvalue weighted by molar-refractivity contribution is 6.31. The Hall–Kier alpha value is -2.33. The van der Waals surface area contributed by atoms with Gasteiger partial charge in [0.05, 0.1) is 16.8 Å². The molecule has 2 aliphatic rings. The van der Waals surface area contributed by atoms with Crippen LogP contribution in [-0.2, 0) is 9.59 Å². The molecule has 2 heterocycles. The lowest BCUT2D eigenvalue weighted by Crippen LogP contribution is -2.40. The molecule has 1 aliphatic heterocycles. The highest BCUT2D eigenvalue weighted by atomic mass is 35.5. The topological polar surface area (TPSA) is 115 Å². The van der Waals surface area contributed by atoms with Crippen molar-refractivity contribution in [3.05, 3.63) is 23.0 Å². The van der Waals surface area contributed by atoms with Gasteiger partial charge in [0.15, 0.2) is 5.78 Å². The molecule has 0 radical (unpaired) electrons. The van der Waals surface area contributed by atoms with E-state index in [2.05, 4.69) is 21.7 Å². The lowest BCUT2D eigenvalue weighted by molar-refractivity contribution is -0.127. The average Bonchev–Trinajstić information content (AvgIpc) is 3.28. The van der Waals surface area contributed by atoms with E-state index in [0.717, 1.165) is 12.8 Å². The molecule has 29 heavy (non-hydrogen) atoms. The molecule has 0 aromatic carbocycles. The standard InChI is InChI=1S/C21H27ClN4O3/c1-21(2)9-14(20(29)26-21)6-16(10-23)25-19(28)13(5-12-3-4-12)7-18(27)17-8-15(22)11-24-17/h8,11-14,16,24H,3-7,9H2,1-2H3,(H,25,28)(H,26,29). The average molecular weight is 419 g/mol. The summed E-state index contributed by atoms with van der Waals surface area (Å²) < 4.78 is 0. The maximum Gasteiger partial charge on any atom is 0.224 e. The van der Waals surface area contributed by atoms with Gasteiger partial charge in [0, 0.05) is 30.0 Å². The van der Waals surface area contributed by atoms with Crippen LogP contribution in [0.25, 0.3) is 0 Å². The van der Waals surface area contributed by atoms with E-state index in [4.69, 9.17) is 11.6 Å². The Kier molecular flexibility index (Phi) is 6.33. The van der Waals surface area contributed by atoms with Crippen molar-refractivity contribution in [2.24, 2.45) is 17.8 Å². The molecule has 2 amide bonds. The summed E-state index contributed by atoms with van der Waals surface area (Å²) in [7, 11) is 0. The van der Waals surface area contributed by atoms with Gasteiger partial charge in [-0.15, -0.1) is 0 Å². The summed E-state index contributed by atoms with van der Waals surface area (Å²) in [5, 5.41) is 15.6. The summed E-state index contributed by atoms with van der Waals surface area (Å²) >= 11 is 5.87. The minimum atomic E-state index is -0.760. The predicted octanol–water partition coefficient (Wildman–Crippen LogP) is 2.97. The second-order valence-corrected chi connectivity index (χ2v) is 9.37. The smallest absolute Gasteiger partial charge is 0.224 e. The van der Waals surface area contributed by atoms with E-state index in [9.17, 15) is 19.6 Å². The summed E-state index contributed by atoms with van der Waals surface area (Å²) in [6.45, 7) is 3.88. The van der Waals surface area contributed by atoms with Gasteiger partial charge < -0.3 is 15.6 Å². The summed E-state index contributed by atoms with van der Waals surface area (Å²) in [5.41, 5.74) is 0.0783. The molecule has 2 fully saturated rings. The van der Waals surface area contributed by atoms with Gasteiger partial charge in [-0.05, 0) is 45.1 Å². The molecule has 0 spiro atoms. The van der Waals surface area contributed by atoms with Gasteiger partial charge in [0.2, 0.25) is 11.8 Å². The van der Waals surface area contributed by atoms with E-state index in [-0.39, 0.29) is 41.9 Å². The zero-order valence-electron chi connectivity index (χ0n) is 16.8. The van der Waals surface area contributed by atoms with Crippen molar-refractivity contribution >= 4 is 29.2 Å². The maximum atomic E-state index is 12.9. The zero-order valence-corrected chi connectivity index (χ0v) is 17.5. The quantitative estimate of drug-likeness (QED) is 0.534. The first-order valence-electron chi connectivity index (χ1n) is 10.1. The molecule has 3 N–H and O–H groups in total. The number of nitrogens with one attached hydrogen (secondary N) is 3. The van der Waals surface area contributed by atoms with Gasteiger partial charge in [0.25, 0.3) is 0 Å². The molecular weight excluding hydrogens is 392 g/mol. The van der Waals surface area contributed by atoms with Crippen LogP contribution in [0.3, 0.4) is 0 Å². The Morgan fingerprint density at radius 2 is 2.10 bits per heavy atom. The molecule has 1 saturated heterocycles. The van der Waals surface area contributed by atoms with E-state index in [0.29, 0.717) is 29.5 Å². The van der Waals surface area contributed by atoms with Gasteiger partial charge >= 0.3 is 0 Å². The molecule has 156 valence electrons. The normalized spacial score (nSPS) is 22.4. The van der Waals surface area contributed by atoms with Gasteiger partial charge in [-0.25, -0.2) is 0 Å². The maximum absolute atomic E-state index is 12.9. The van der Waals surface area contributed by atoms with Gasteiger partial charge in [-0.3, -0.25) is 14.4 Å². The van der Waals surface area contributed by atoms with Crippen molar-refractivity contribution in [1.29, 1.82) is 5.26 Å².